The molecule has 4 N–H and O–H groups in total. The molecular weight excluding hydrogens is 397 g/mol. The van der Waals surface area contributed by atoms with E-state index in [2.05, 4.69) is 22.8 Å². The van der Waals surface area contributed by atoms with Gasteiger partial charge in [-0.15, -0.1) is 0 Å². The van der Waals surface area contributed by atoms with Gasteiger partial charge < -0.3 is 20.4 Å². The van der Waals surface area contributed by atoms with Crippen LogP contribution in [0.2, 0.25) is 0 Å². The first-order chi connectivity index (χ1) is 14.4. The van der Waals surface area contributed by atoms with E-state index in [0.29, 0.717) is 0 Å². The number of hydrogen-bond acceptors (Lipinski definition) is 2. The van der Waals surface area contributed by atoms with Crippen LogP contribution in [0.15, 0.2) is 42.5 Å². The van der Waals surface area contributed by atoms with Gasteiger partial charge in [-0.2, -0.15) is 0 Å². The fourth-order valence-electron chi connectivity index (χ4n) is 3.48. The Bertz CT molecular complexity index is 887. The van der Waals surface area contributed by atoms with Gasteiger partial charge >= 0.3 is 0 Å². The van der Waals surface area contributed by atoms with E-state index in [1.54, 1.807) is 0 Å². The number of rotatable bonds is 7. The van der Waals surface area contributed by atoms with Crippen molar-refractivity contribution in [1.29, 1.82) is 0 Å². The van der Waals surface area contributed by atoms with Crippen molar-refractivity contribution in [2.24, 2.45) is 0 Å². The first-order valence-corrected chi connectivity index (χ1v) is 9.83. The van der Waals surface area contributed by atoms with Gasteiger partial charge in [-0.3, -0.25) is 9.59 Å². The molecule has 0 atom stereocenters. The van der Waals surface area contributed by atoms with Crippen LogP contribution in [0.3, 0.4) is 0 Å². The van der Waals surface area contributed by atoms with Gasteiger partial charge in [0, 0.05) is 5.56 Å². The Kier molecular flexibility index (Phi) is 7.42. The molecule has 0 bridgehead atoms. The highest BCUT2D eigenvalue weighted by Crippen LogP contribution is 2.19. The number of quaternary nitrogens is 2. The van der Waals surface area contributed by atoms with Gasteiger partial charge in [-0.05, 0) is 12.1 Å². The fourth-order valence-corrected chi connectivity index (χ4v) is 3.48. The molecule has 1 saturated heterocycles. The molecule has 30 heavy (non-hydrogen) atoms. The van der Waals surface area contributed by atoms with Crippen LogP contribution >= 0.6 is 0 Å². The molecule has 0 aromatic heterocycles. The Morgan fingerprint density at radius 3 is 2.20 bits per heavy atom. The van der Waals surface area contributed by atoms with Gasteiger partial charge in [0.05, 0.1) is 12.2 Å². The van der Waals surface area contributed by atoms with Gasteiger partial charge in [-0.1, -0.05) is 30.3 Å². The molecule has 1 heterocycles. The Morgan fingerprint density at radius 2 is 1.50 bits per heavy atom. The van der Waals surface area contributed by atoms with E-state index in [-0.39, 0.29) is 19.0 Å². The van der Waals surface area contributed by atoms with Crippen LogP contribution in [0.25, 0.3) is 0 Å². The summed E-state index contributed by atoms with van der Waals surface area (Å²) in [6.45, 7) is 4.42. The summed E-state index contributed by atoms with van der Waals surface area (Å²) < 4.78 is 39.7. The average molecular weight is 422 g/mol. The number of nitrogens with one attached hydrogen (secondary N) is 4. The van der Waals surface area contributed by atoms with Crippen LogP contribution in [-0.4, -0.2) is 51.1 Å². The lowest BCUT2D eigenvalue weighted by Crippen LogP contribution is -3.28. The predicted octanol–water partition coefficient (Wildman–Crippen LogP) is -0.858. The van der Waals surface area contributed by atoms with Gasteiger partial charge in [0.15, 0.2) is 24.0 Å². The van der Waals surface area contributed by atoms with Crippen molar-refractivity contribution in [1.82, 2.24) is 5.32 Å². The summed E-state index contributed by atoms with van der Waals surface area (Å²) in [6, 6.07) is 11.9. The van der Waals surface area contributed by atoms with E-state index in [9.17, 15) is 22.8 Å². The Hall–Kier alpha value is -2.91. The van der Waals surface area contributed by atoms with E-state index in [1.165, 1.54) is 10.5 Å². The Morgan fingerprint density at radius 1 is 0.833 bits per heavy atom. The quantitative estimate of drug-likeness (QED) is 0.439. The number of benzene rings is 2. The second-order valence-electron chi connectivity index (χ2n) is 7.39. The monoisotopic (exact) mass is 422 g/mol. The van der Waals surface area contributed by atoms with Gasteiger partial charge in [0.25, 0.3) is 5.91 Å². The molecule has 1 aliphatic heterocycles. The van der Waals surface area contributed by atoms with Crippen molar-refractivity contribution in [2.75, 3.05) is 44.6 Å². The van der Waals surface area contributed by atoms with Gasteiger partial charge in [0.2, 0.25) is 5.91 Å². The highest BCUT2D eigenvalue weighted by molar-refractivity contribution is 5.94. The van der Waals surface area contributed by atoms with Crippen molar-refractivity contribution < 1.29 is 32.6 Å². The zero-order chi connectivity index (χ0) is 21.5. The lowest BCUT2D eigenvalue weighted by Gasteiger charge is -2.29. The van der Waals surface area contributed by atoms with Crippen LogP contribution in [0.1, 0.15) is 5.56 Å². The molecule has 2 aromatic carbocycles. The maximum absolute atomic E-state index is 13.6. The molecule has 0 saturated carbocycles. The molecule has 0 aliphatic carbocycles. The molecule has 1 fully saturated rings. The SMILES string of the molecule is O=C(C[NH+]1CC[NH+](Cc2ccccc2)CC1)NCC(=O)Nc1ccc(F)c(F)c1F. The number of halogens is 3. The maximum Gasteiger partial charge on any atom is 0.275 e. The third-order valence-corrected chi connectivity index (χ3v) is 5.13. The molecular formula is C21H25F3N4O2+2. The minimum absolute atomic E-state index is 0.242. The van der Waals surface area contributed by atoms with E-state index < -0.39 is 29.0 Å². The second kappa shape index (κ2) is 10.2. The van der Waals surface area contributed by atoms with Crippen LogP contribution in [0.5, 0.6) is 0 Å². The summed E-state index contributed by atoms with van der Waals surface area (Å²) in [5.41, 5.74) is 0.813. The van der Waals surface area contributed by atoms with E-state index >= 15 is 0 Å². The topological polar surface area (TPSA) is 67.1 Å². The van der Waals surface area contributed by atoms with Crippen molar-refractivity contribution in [3.05, 3.63) is 65.5 Å². The van der Waals surface area contributed by atoms with E-state index in [1.807, 2.05) is 18.2 Å². The van der Waals surface area contributed by atoms with E-state index in [0.717, 1.165) is 49.8 Å². The highest BCUT2D eigenvalue weighted by atomic mass is 19.2. The fraction of sp³-hybridized carbons (Fsp3) is 0.333. The minimum Gasteiger partial charge on any atom is -0.342 e. The molecule has 160 valence electrons. The minimum atomic E-state index is -1.66. The third-order valence-electron chi connectivity index (χ3n) is 5.13. The Labute approximate surface area is 172 Å². The summed E-state index contributed by atoms with van der Waals surface area (Å²) in [4.78, 5) is 26.6. The predicted molar refractivity (Wildman–Crippen MR) is 104 cm³/mol. The van der Waals surface area contributed by atoms with Gasteiger partial charge in [-0.25, -0.2) is 13.2 Å². The summed E-state index contributed by atoms with van der Waals surface area (Å²) >= 11 is 0. The number of hydrogen-bond donors (Lipinski definition) is 4. The van der Waals surface area contributed by atoms with E-state index in [4.69, 9.17) is 0 Å². The van der Waals surface area contributed by atoms with Crippen LogP contribution in [0.4, 0.5) is 18.9 Å². The van der Waals surface area contributed by atoms with Crippen LogP contribution in [-0.2, 0) is 16.1 Å². The molecule has 6 nitrogen and oxygen atoms in total. The lowest BCUT2D eigenvalue weighted by atomic mass is 10.2. The number of piperazine rings is 1. The molecule has 0 spiro atoms. The molecule has 0 unspecified atom stereocenters. The number of carbonyl (C=O) groups excluding carboxylic acids is 2. The van der Waals surface area contributed by atoms with Crippen molar-refractivity contribution >= 4 is 17.5 Å². The first-order valence-electron chi connectivity index (χ1n) is 9.83. The molecule has 2 aromatic rings. The summed E-state index contributed by atoms with van der Waals surface area (Å²) in [5.74, 6) is -5.49. The summed E-state index contributed by atoms with van der Waals surface area (Å²) in [6.07, 6.45) is 0. The van der Waals surface area contributed by atoms with Crippen molar-refractivity contribution in [2.45, 2.75) is 6.54 Å². The normalized spacial score (nSPS) is 18.6. The highest BCUT2D eigenvalue weighted by Gasteiger charge is 2.25. The van der Waals surface area contributed by atoms with Crippen molar-refractivity contribution in [3.8, 4) is 0 Å². The first kappa shape index (κ1) is 21.8. The number of amides is 2. The number of anilines is 1. The molecule has 3 rings (SSSR count). The zero-order valence-electron chi connectivity index (χ0n) is 16.4. The Balaban J connectivity index is 1.37. The van der Waals surface area contributed by atoms with Crippen LogP contribution < -0.4 is 20.4 Å². The molecule has 2 amide bonds. The summed E-state index contributed by atoms with van der Waals surface area (Å²) in [7, 11) is 0. The average Bonchev–Trinajstić information content (AvgIpc) is 2.75. The third kappa shape index (κ3) is 6.04. The molecule has 9 heteroatoms. The standard InChI is InChI=1S/C21H23F3N4O2/c22-16-6-7-17(21(24)20(16)23)26-18(29)12-25-19(30)14-28-10-8-27(9-11-28)13-15-4-2-1-3-5-15/h1-7H,8-14H2,(H,25,30)(H,26,29)/p+2. The zero-order valence-corrected chi connectivity index (χ0v) is 16.4. The summed E-state index contributed by atoms with van der Waals surface area (Å²) in [5, 5.41) is 4.60. The molecule has 0 radical (unpaired) electrons. The smallest absolute Gasteiger partial charge is 0.275 e. The van der Waals surface area contributed by atoms with Crippen LogP contribution in [0, 0.1) is 17.5 Å². The van der Waals surface area contributed by atoms with Gasteiger partial charge in [0.1, 0.15) is 32.7 Å². The number of carbonyl (C=O) groups is 2. The molecule has 1 aliphatic rings. The second-order valence-corrected chi connectivity index (χ2v) is 7.39. The maximum atomic E-state index is 13.6. The van der Waals surface area contributed by atoms with Crippen molar-refractivity contribution in [3.63, 3.8) is 0 Å². The lowest BCUT2D eigenvalue weighted by molar-refractivity contribution is -1.02. The largest absolute Gasteiger partial charge is 0.342 e.